The number of hydrogen-bond donors (Lipinski definition) is 2. The van der Waals surface area contributed by atoms with E-state index in [9.17, 15) is 0 Å². The minimum Gasteiger partial charge on any atom is -0.370 e. The number of pyridine rings is 1. The summed E-state index contributed by atoms with van der Waals surface area (Å²) in [5, 5.41) is 6.72. The Labute approximate surface area is 129 Å². The Balaban J connectivity index is 2.17. The molecule has 0 aliphatic carbocycles. The number of anilines is 3. The topological polar surface area (TPSA) is 37.0 Å². The third-order valence-electron chi connectivity index (χ3n) is 3.04. The van der Waals surface area contributed by atoms with Crippen LogP contribution >= 0.6 is 15.9 Å². The molecule has 0 bridgehead atoms. The molecular weight excluding hydrogens is 314 g/mol. The molecule has 0 radical (unpaired) electrons. The fourth-order valence-corrected chi connectivity index (χ4v) is 2.27. The summed E-state index contributed by atoms with van der Waals surface area (Å²) >= 11 is 3.59. The first-order valence-electron chi connectivity index (χ1n) is 6.84. The molecule has 0 atom stereocenters. The number of rotatable bonds is 5. The van der Waals surface area contributed by atoms with Crippen LogP contribution in [-0.4, -0.2) is 11.5 Å². The highest BCUT2D eigenvalue weighted by atomic mass is 79.9. The summed E-state index contributed by atoms with van der Waals surface area (Å²) < 4.78 is 1.17. The van der Waals surface area contributed by atoms with Crippen LogP contribution in [0.3, 0.4) is 0 Å². The van der Waals surface area contributed by atoms with Crippen molar-refractivity contribution in [3.8, 4) is 0 Å². The minimum atomic E-state index is 0.905. The van der Waals surface area contributed by atoms with E-state index in [0.717, 1.165) is 30.2 Å². The summed E-state index contributed by atoms with van der Waals surface area (Å²) in [7, 11) is 0. The van der Waals surface area contributed by atoms with Gasteiger partial charge in [0.25, 0.3) is 0 Å². The molecule has 1 heterocycles. The monoisotopic (exact) mass is 333 g/mol. The molecule has 0 saturated carbocycles. The van der Waals surface area contributed by atoms with Gasteiger partial charge in [-0.25, -0.2) is 4.98 Å². The molecule has 2 rings (SSSR count). The second kappa shape index (κ2) is 6.75. The number of benzene rings is 1. The summed E-state index contributed by atoms with van der Waals surface area (Å²) in [6.07, 6.45) is 2.91. The van der Waals surface area contributed by atoms with Crippen molar-refractivity contribution in [1.82, 2.24) is 4.98 Å². The Morgan fingerprint density at radius 3 is 2.45 bits per heavy atom. The fourth-order valence-electron chi connectivity index (χ4n) is 2.04. The van der Waals surface area contributed by atoms with Gasteiger partial charge in [0.15, 0.2) is 0 Å². The molecule has 0 aliphatic rings. The molecule has 1 aromatic carbocycles. The van der Waals surface area contributed by atoms with E-state index < -0.39 is 0 Å². The third-order valence-corrected chi connectivity index (χ3v) is 4.29. The maximum Gasteiger partial charge on any atom is 0.127 e. The minimum absolute atomic E-state index is 0.905. The van der Waals surface area contributed by atoms with Gasteiger partial charge < -0.3 is 10.6 Å². The summed E-state index contributed by atoms with van der Waals surface area (Å²) in [6, 6.07) is 8.28. The van der Waals surface area contributed by atoms with Crippen molar-refractivity contribution >= 4 is 33.1 Å². The lowest BCUT2D eigenvalue weighted by atomic mass is 10.1. The number of hydrogen-bond acceptors (Lipinski definition) is 3. The SMILES string of the molecule is CCCNc1cc(Nc2cc(C)c(Br)c(C)c2)ccn1. The Morgan fingerprint density at radius 2 is 1.80 bits per heavy atom. The van der Waals surface area contributed by atoms with Crippen molar-refractivity contribution in [2.75, 3.05) is 17.2 Å². The second-order valence-corrected chi connectivity index (χ2v) is 5.70. The molecule has 1 aromatic heterocycles. The second-order valence-electron chi connectivity index (χ2n) is 4.91. The van der Waals surface area contributed by atoms with Gasteiger partial charge in [-0.15, -0.1) is 0 Å². The molecule has 20 heavy (non-hydrogen) atoms. The molecule has 3 nitrogen and oxygen atoms in total. The van der Waals surface area contributed by atoms with Crippen LogP contribution in [-0.2, 0) is 0 Å². The molecule has 106 valence electrons. The first-order valence-corrected chi connectivity index (χ1v) is 7.63. The van der Waals surface area contributed by atoms with Crippen LogP contribution in [0.5, 0.6) is 0 Å². The third kappa shape index (κ3) is 3.73. The Morgan fingerprint density at radius 1 is 1.10 bits per heavy atom. The largest absolute Gasteiger partial charge is 0.370 e. The number of halogens is 1. The van der Waals surface area contributed by atoms with Gasteiger partial charge in [-0.2, -0.15) is 0 Å². The average Bonchev–Trinajstić information content (AvgIpc) is 2.43. The average molecular weight is 334 g/mol. The van der Waals surface area contributed by atoms with Crippen molar-refractivity contribution in [2.45, 2.75) is 27.2 Å². The fraction of sp³-hybridized carbons (Fsp3) is 0.312. The van der Waals surface area contributed by atoms with Crippen LogP contribution in [0.25, 0.3) is 0 Å². The van der Waals surface area contributed by atoms with Gasteiger partial charge in [-0.05, 0) is 49.6 Å². The summed E-state index contributed by atoms with van der Waals surface area (Å²) in [6.45, 7) is 7.28. The van der Waals surface area contributed by atoms with Crippen LogP contribution in [0.2, 0.25) is 0 Å². The van der Waals surface area contributed by atoms with Crippen molar-refractivity contribution in [1.29, 1.82) is 0 Å². The number of aryl methyl sites for hydroxylation is 2. The maximum absolute atomic E-state index is 4.31. The van der Waals surface area contributed by atoms with Crippen LogP contribution in [0.15, 0.2) is 34.9 Å². The lowest BCUT2D eigenvalue weighted by molar-refractivity contribution is 0.969. The van der Waals surface area contributed by atoms with Gasteiger partial charge in [0, 0.05) is 34.7 Å². The van der Waals surface area contributed by atoms with Gasteiger partial charge in [0.2, 0.25) is 0 Å². The smallest absolute Gasteiger partial charge is 0.127 e. The molecule has 0 spiro atoms. The summed E-state index contributed by atoms with van der Waals surface area (Å²) in [5.41, 5.74) is 4.59. The summed E-state index contributed by atoms with van der Waals surface area (Å²) in [4.78, 5) is 4.31. The highest BCUT2D eigenvalue weighted by Crippen LogP contribution is 2.27. The summed E-state index contributed by atoms with van der Waals surface area (Å²) in [5.74, 6) is 0.905. The normalized spacial score (nSPS) is 10.4. The van der Waals surface area contributed by atoms with E-state index in [1.807, 2.05) is 18.3 Å². The molecule has 0 amide bonds. The van der Waals surface area contributed by atoms with Crippen molar-refractivity contribution in [3.63, 3.8) is 0 Å². The van der Waals surface area contributed by atoms with E-state index in [4.69, 9.17) is 0 Å². The van der Waals surface area contributed by atoms with Crippen LogP contribution in [0, 0.1) is 13.8 Å². The van der Waals surface area contributed by atoms with Gasteiger partial charge in [-0.1, -0.05) is 22.9 Å². The number of nitrogens with one attached hydrogen (secondary N) is 2. The standard InChI is InChI=1S/C16H20BrN3/c1-4-6-18-15-10-13(5-7-19-15)20-14-8-11(2)16(17)12(3)9-14/h5,7-10H,4,6H2,1-3H3,(H2,18,19,20). The van der Waals surface area contributed by atoms with E-state index in [1.54, 1.807) is 0 Å². The Bertz CT molecular complexity index is 573. The van der Waals surface area contributed by atoms with E-state index in [0.29, 0.717) is 0 Å². The predicted molar refractivity (Wildman–Crippen MR) is 89.9 cm³/mol. The lowest BCUT2D eigenvalue weighted by Gasteiger charge is -2.12. The predicted octanol–water partition coefficient (Wildman–Crippen LogP) is 5.03. The molecule has 0 unspecified atom stereocenters. The molecule has 0 saturated heterocycles. The van der Waals surface area contributed by atoms with E-state index in [1.165, 1.54) is 15.6 Å². The van der Waals surface area contributed by atoms with E-state index in [-0.39, 0.29) is 0 Å². The van der Waals surface area contributed by atoms with E-state index >= 15 is 0 Å². The first kappa shape index (κ1) is 14.9. The van der Waals surface area contributed by atoms with Gasteiger partial charge in [0.1, 0.15) is 5.82 Å². The molecule has 4 heteroatoms. The van der Waals surface area contributed by atoms with Gasteiger partial charge >= 0.3 is 0 Å². The van der Waals surface area contributed by atoms with Crippen molar-refractivity contribution in [3.05, 3.63) is 46.1 Å². The highest BCUT2D eigenvalue weighted by Gasteiger charge is 2.03. The molecule has 0 aliphatic heterocycles. The zero-order valence-corrected chi connectivity index (χ0v) is 13.7. The van der Waals surface area contributed by atoms with E-state index in [2.05, 4.69) is 64.5 Å². The molecule has 2 aromatic rings. The van der Waals surface area contributed by atoms with Crippen molar-refractivity contribution < 1.29 is 0 Å². The first-order chi connectivity index (χ1) is 9.60. The van der Waals surface area contributed by atoms with Crippen molar-refractivity contribution in [2.24, 2.45) is 0 Å². The Kier molecular flexibility index (Phi) is 5.01. The van der Waals surface area contributed by atoms with Gasteiger partial charge in [-0.3, -0.25) is 0 Å². The highest BCUT2D eigenvalue weighted by molar-refractivity contribution is 9.10. The molecule has 0 fully saturated rings. The zero-order chi connectivity index (χ0) is 14.5. The maximum atomic E-state index is 4.31. The molecule has 2 N–H and O–H groups in total. The van der Waals surface area contributed by atoms with Crippen LogP contribution in [0.4, 0.5) is 17.2 Å². The quantitative estimate of drug-likeness (QED) is 0.805. The van der Waals surface area contributed by atoms with Crippen LogP contribution in [0.1, 0.15) is 24.5 Å². The zero-order valence-electron chi connectivity index (χ0n) is 12.1. The number of nitrogens with zero attached hydrogens (tertiary/aromatic N) is 1. The van der Waals surface area contributed by atoms with Gasteiger partial charge in [0.05, 0.1) is 0 Å². The molecular formula is C16H20BrN3. The number of aromatic nitrogens is 1. The lowest BCUT2D eigenvalue weighted by Crippen LogP contribution is -2.02. The van der Waals surface area contributed by atoms with Crippen LogP contribution < -0.4 is 10.6 Å². The Hall–Kier alpha value is -1.55.